The van der Waals surface area contributed by atoms with Crippen LogP contribution in [0.4, 0.5) is 0 Å². The Morgan fingerprint density at radius 2 is 1.84 bits per heavy atom. The number of piperazine rings is 1. The topological polar surface area (TPSA) is 14.7 Å². The largest absolute Gasteiger partial charge is 0.347 e. The molecule has 25 heavy (non-hydrogen) atoms. The molecule has 0 N–H and O–H groups in total. The van der Waals surface area contributed by atoms with Crippen molar-refractivity contribution in [3.63, 3.8) is 0 Å². The molecule has 0 bridgehead atoms. The van der Waals surface area contributed by atoms with Gasteiger partial charge in [-0.3, -0.25) is 0 Å². The first-order chi connectivity index (χ1) is 11.9. The van der Waals surface area contributed by atoms with E-state index in [1.54, 1.807) is 0 Å². The molecule has 2 aliphatic heterocycles. The van der Waals surface area contributed by atoms with E-state index in [0.717, 1.165) is 19.0 Å². The molecular formula is C19H34N4S2. The standard InChI is InChI=1S/C19H34N4S2/c1-16(2)21-8-6-17(14-21)19(3,4)22-9-7-18(15-22)24-25-23-12-10-20(5)11-13-23/h7,9,15-17H,6,8,10-14H2,1-5H3. The van der Waals surface area contributed by atoms with Crippen LogP contribution >= 0.6 is 21.8 Å². The number of rotatable bonds is 6. The van der Waals surface area contributed by atoms with Gasteiger partial charge in [-0.1, -0.05) is 0 Å². The van der Waals surface area contributed by atoms with Crippen LogP contribution in [-0.2, 0) is 5.54 Å². The minimum atomic E-state index is 0.182. The highest BCUT2D eigenvalue weighted by molar-refractivity contribution is 8.75. The summed E-state index contributed by atoms with van der Waals surface area (Å²) in [5, 5.41) is 0. The number of likely N-dealkylation sites (tertiary alicyclic amines) is 1. The van der Waals surface area contributed by atoms with Crippen molar-refractivity contribution in [2.75, 3.05) is 46.3 Å². The van der Waals surface area contributed by atoms with Crippen LogP contribution in [0.1, 0.15) is 34.1 Å². The monoisotopic (exact) mass is 382 g/mol. The summed E-state index contributed by atoms with van der Waals surface area (Å²) >= 11 is 0. The van der Waals surface area contributed by atoms with E-state index in [1.807, 2.05) is 21.8 Å². The van der Waals surface area contributed by atoms with Crippen LogP contribution in [0.2, 0.25) is 0 Å². The first kappa shape index (κ1) is 19.6. The number of nitrogens with zero attached hydrogens (tertiary/aromatic N) is 4. The van der Waals surface area contributed by atoms with Crippen molar-refractivity contribution in [3.8, 4) is 0 Å². The van der Waals surface area contributed by atoms with Crippen molar-refractivity contribution in [3.05, 3.63) is 18.5 Å². The average Bonchev–Trinajstić information content (AvgIpc) is 3.24. The molecule has 3 rings (SSSR count). The molecule has 4 nitrogen and oxygen atoms in total. The smallest absolute Gasteiger partial charge is 0.0424 e. The molecule has 142 valence electrons. The van der Waals surface area contributed by atoms with Crippen LogP contribution < -0.4 is 0 Å². The maximum Gasteiger partial charge on any atom is 0.0424 e. The van der Waals surface area contributed by atoms with Crippen molar-refractivity contribution < 1.29 is 0 Å². The maximum absolute atomic E-state index is 2.62. The third kappa shape index (κ3) is 4.78. The normalized spacial score (nSPS) is 24.5. The zero-order valence-corrected chi connectivity index (χ0v) is 18.1. The van der Waals surface area contributed by atoms with E-state index < -0.39 is 0 Å². The molecular weight excluding hydrogens is 348 g/mol. The van der Waals surface area contributed by atoms with Crippen LogP contribution in [0, 0.1) is 5.92 Å². The summed E-state index contributed by atoms with van der Waals surface area (Å²) in [5.74, 6) is 0.727. The van der Waals surface area contributed by atoms with E-state index in [0.29, 0.717) is 6.04 Å². The first-order valence-corrected chi connectivity index (χ1v) is 11.7. The van der Waals surface area contributed by atoms with Crippen molar-refractivity contribution in [2.24, 2.45) is 5.92 Å². The van der Waals surface area contributed by atoms with Gasteiger partial charge in [0.2, 0.25) is 0 Å². The number of aromatic nitrogens is 1. The van der Waals surface area contributed by atoms with Gasteiger partial charge in [-0.25, -0.2) is 4.31 Å². The predicted octanol–water partition coefficient (Wildman–Crippen LogP) is 3.86. The van der Waals surface area contributed by atoms with Crippen molar-refractivity contribution in [2.45, 2.75) is 50.6 Å². The fourth-order valence-electron chi connectivity index (χ4n) is 3.79. The summed E-state index contributed by atoms with van der Waals surface area (Å²) in [6, 6.07) is 2.95. The van der Waals surface area contributed by atoms with Crippen LogP contribution in [-0.4, -0.2) is 71.0 Å². The summed E-state index contributed by atoms with van der Waals surface area (Å²) < 4.78 is 4.94. The van der Waals surface area contributed by atoms with E-state index in [2.05, 4.69) is 71.9 Å². The second kappa shape index (κ2) is 8.26. The van der Waals surface area contributed by atoms with Crippen LogP contribution in [0.25, 0.3) is 0 Å². The molecule has 2 fully saturated rings. The van der Waals surface area contributed by atoms with Gasteiger partial charge in [-0.2, -0.15) is 0 Å². The predicted molar refractivity (Wildman–Crippen MR) is 111 cm³/mol. The summed E-state index contributed by atoms with van der Waals surface area (Å²) in [6.45, 7) is 16.6. The van der Waals surface area contributed by atoms with Crippen LogP contribution in [0.3, 0.4) is 0 Å². The lowest BCUT2D eigenvalue weighted by atomic mass is 9.86. The highest BCUT2D eigenvalue weighted by Crippen LogP contribution is 2.38. The fourth-order valence-corrected chi connectivity index (χ4v) is 5.88. The van der Waals surface area contributed by atoms with Gasteiger partial charge in [-0.05, 0) is 81.5 Å². The zero-order valence-electron chi connectivity index (χ0n) is 16.4. The van der Waals surface area contributed by atoms with Crippen molar-refractivity contribution in [1.29, 1.82) is 0 Å². The second-order valence-corrected chi connectivity index (χ2v) is 10.6. The second-order valence-electron chi connectivity index (χ2n) is 8.37. The third-order valence-electron chi connectivity index (χ3n) is 5.98. The minimum absolute atomic E-state index is 0.182. The van der Waals surface area contributed by atoms with Gasteiger partial charge in [0, 0.05) is 61.6 Å². The van der Waals surface area contributed by atoms with Gasteiger partial charge in [-0.15, -0.1) is 0 Å². The molecule has 1 aromatic rings. The van der Waals surface area contributed by atoms with Crippen molar-refractivity contribution in [1.82, 2.24) is 18.7 Å². The molecule has 0 spiro atoms. The maximum atomic E-state index is 2.62. The molecule has 1 aromatic heterocycles. The SMILES string of the molecule is CC(C)N1CCC(C(C)(C)n2ccc(SSN3CCN(C)CC3)c2)C1. The summed E-state index contributed by atoms with van der Waals surface area (Å²) in [7, 11) is 6.03. The van der Waals surface area contributed by atoms with Gasteiger partial charge in [0.05, 0.1) is 0 Å². The number of hydrogen-bond acceptors (Lipinski definition) is 5. The molecule has 0 radical (unpaired) electrons. The Morgan fingerprint density at radius 3 is 2.48 bits per heavy atom. The lowest BCUT2D eigenvalue weighted by molar-refractivity contribution is 0.194. The van der Waals surface area contributed by atoms with Gasteiger partial charge >= 0.3 is 0 Å². The third-order valence-corrected chi connectivity index (χ3v) is 8.50. The Morgan fingerprint density at radius 1 is 1.12 bits per heavy atom. The summed E-state index contributed by atoms with van der Waals surface area (Å²) in [6.07, 6.45) is 5.94. The fraction of sp³-hybridized carbons (Fsp3) is 0.789. The van der Waals surface area contributed by atoms with Gasteiger partial charge in [0.25, 0.3) is 0 Å². The number of likely N-dealkylation sites (N-methyl/N-ethyl adjacent to an activating group) is 1. The summed E-state index contributed by atoms with van der Waals surface area (Å²) in [4.78, 5) is 6.40. The Balaban J connectivity index is 1.55. The first-order valence-electron chi connectivity index (χ1n) is 9.57. The molecule has 2 saturated heterocycles. The highest BCUT2D eigenvalue weighted by Gasteiger charge is 2.36. The lowest BCUT2D eigenvalue weighted by Crippen LogP contribution is -2.40. The molecule has 3 heterocycles. The molecule has 2 aliphatic rings. The van der Waals surface area contributed by atoms with Gasteiger partial charge in [0.15, 0.2) is 0 Å². The summed E-state index contributed by atoms with van der Waals surface area (Å²) in [5.41, 5.74) is 0.182. The van der Waals surface area contributed by atoms with Crippen molar-refractivity contribution >= 4 is 21.8 Å². The Labute approximate surface area is 161 Å². The van der Waals surface area contributed by atoms with Gasteiger partial charge < -0.3 is 14.4 Å². The molecule has 0 aliphatic carbocycles. The van der Waals surface area contributed by atoms with Gasteiger partial charge in [0.1, 0.15) is 0 Å². The Bertz CT molecular complexity index is 549. The van der Waals surface area contributed by atoms with Crippen LogP contribution in [0.5, 0.6) is 0 Å². The zero-order chi connectivity index (χ0) is 18.0. The molecule has 0 amide bonds. The quantitative estimate of drug-likeness (QED) is 0.546. The molecule has 0 saturated carbocycles. The minimum Gasteiger partial charge on any atom is -0.347 e. The molecule has 1 unspecified atom stereocenters. The molecule has 0 aromatic carbocycles. The van der Waals surface area contributed by atoms with E-state index in [-0.39, 0.29) is 5.54 Å². The van der Waals surface area contributed by atoms with E-state index >= 15 is 0 Å². The Kier molecular flexibility index (Phi) is 6.48. The van der Waals surface area contributed by atoms with E-state index in [1.165, 1.54) is 37.5 Å². The lowest BCUT2D eigenvalue weighted by Gasteiger charge is -2.34. The Hall–Kier alpha value is -0.140. The van der Waals surface area contributed by atoms with E-state index in [9.17, 15) is 0 Å². The number of hydrogen-bond donors (Lipinski definition) is 0. The molecule has 1 atom stereocenters. The average molecular weight is 383 g/mol. The molecule has 6 heteroatoms. The van der Waals surface area contributed by atoms with Crippen LogP contribution in [0.15, 0.2) is 23.4 Å². The highest BCUT2D eigenvalue weighted by atomic mass is 33.1. The van der Waals surface area contributed by atoms with E-state index in [4.69, 9.17) is 0 Å².